The van der Waals surface area contributed by atoms with Gasteiger partial charge in [0.25, 0.3) is 0 Å². The van der Waals surface area contributed by atoms with Gasteiger partial charge in [0.05, 0.1) is 6.54 Å². The SMILES string of the molecule is CCc1nnc(NC(=O)CN(CC)CC)s1. The van der Waals surface area contributed by atoms with Crippen molar-refractivity contribution in [3.05, 3.63) is 5.01 Å². The normalized spacial score (nSPS) is 10.8. The molecule has 1 aromatic heterocycles. The number of amides is 1. The lowest BCUT2D eigenvalue weighted by Gasteiger charge is -2.16. The summed E-state index contributed by atoms with van der Waals surface area (Å²) in [5.41, 5.74) is 0. The Labute approximate surface area is 99.9 Å². The number of likely N-dealkylation sites (N-methyl/N-ethyl adjacent to an activating group) is 1. The van der Waals surface area contributed by atoms with Crippen molar-refractivity contribution in [3.8, 4) is 0 Å². The zero-order valence-corrected chi connectivity index (χ0v) is 10.8. The van der Waals surface area contributed by atoms with Crippen molar-refractivity contribution >= 4 is 22.4 Å². The van der Waals surface area contributed by atoms with E-state index in [1.54, 1.807) is 0 Å². The molecule has 16 heavy (non-hydrogen) atoms. The van der Waals surface area contributed by atoms with Crippen LogP contribution < -0.4 is 5.32 Å². The maximum Gasteiger partial charge on any atom is 0.240 e. The monoisotopic (exact) mass is 242 g/mol. The van der Waals surface area contributed by atoms with Gasteiger partial charge in [0, 0.05) is 0 Å². The van der Waals surface area contributed by atoms with Gasteiger partial charge in [-0.3, -0.25) is 15.0 Å². The fourth-order valence-corrected chi connectivity index (χ4v) is 1.95. The van der Waals surface area contributed by atoms with Crippen molar-refractivity contribution in [1.29, 1.82) is 0 Å². The number of hydrogen-bond acceptors (Lipinski definition) is 5. The number of aryl methyl sites for hydroxylation is 1. The van der Waals surface area contributed by atoms with Crippen molar-refractivity contribution in [2.75, 3.05) is 25.0 Å². The van der Waals surface area contributed by atoms with Crippen LogP contribution in [0, 0.1) is 0 Å². The van der Waals surface area contributed by atoms with Crippen LogP contribution >= 0.6 is 11.3 Å². The van der Waals surface area contributed by atoms with Crippen LogP contribution in [0.25, 0.3) is 0 Å². The zero-order chi connectivity index (χ0) is 12.0. The third-order valence-electron chi connectivity index (χ3n) is 2.28. The summed E-state index contributed by atoms with van der Waals surface area (Å²) in [4.78, 5) is 13.7. The second-order valence-corrected chi connectivity index (χ2v) is 4.43. The van der Waals surface area contributed by atoms with E-state index in [1.807, 2.05) is 20.8 Å². The van der Waals surface area contributed by atoms with E-state index in [4.69, 9.17) is 0 Å². The molecule has 1 N–H and O–H groups in total. The molecule has 0 aliphatic carbocycles. The molecular formula is C10H18N4OS. The molecule has 90 valence electrons. The zero-order valence-electron chi connectivity index (χ0n) is 9.99. The molecule has 0 unspecified atom stereocenters. The number of nitrogens with zero attached hydrogens (tertiary/aromatic N) is 3. The quantitative estimate of drug-likeness (QED) is 0.819. The van der Waals surface area contributed by atoms with Crippen LogP contribution in [0.1, 0.15) is 25.8 Å². The van der Waals surface area contributed by atoms with Crippen molar-refractivity contribution < 1.29 is 4.79 Å². The van der Waals surface area contributed by atoms with Gasteiger partial charge in [0.15, 0.2) is 0 Å². The first-order valence-electron chi connectivity index (χ1n) is 5.54. The van der Waals surface area contributed by atoms with Gasteiger partial charge in [0.1, 0.15) is 5.01 Å². The smallest absolute Gasteiger partial charge is 0.240 e. The first-order valence-corrected chi connectivity index (χ1v) is 6.35. The van der Waals surface area contributed by atoms with Gasteiger partial charge in [0.2, 0.25) is 11.0 Å². The first kappa shape index (κ1) is 13.1. The number of rotatable bonds is 6. The highest BCUT2D eigenvalue weighted by Crippen LogP contribution is 2.15. The average molecular weight is 242 g/mol. The second-order valence-electron chi connectivity index (χ2n) is 3.36. The average Bonchev–Trinajstić information content (AvgIpc) is 2.73. The van der Waals surface area contributed by atoms with Crippen molar-refractivity contribution in [2.45, 2.75) is 27.2 Å². The number of anilines is 1. The van der Waals surface area contributed by atoms with Crippen LogP contribution in [-0.4, -0.2) is 40.6 Å². The Balaban J connectivity index is 2.44. The molecule has 1 amide bonds. The minimum absolute atomic E-state index is 0.0255. The molecule has 0 bridgehead atoms. The number of carbonyl (C=O) groups is 1. The number of aromatic nitrogens is 2. The van der Waals surface area contributed by atoms with Gasteiger partial charge >= 0.3 is 0 Å². The summed E-state index contributed by atoms with van der Waals surface area (Å²) < 4.78 is 0. The third-order valence-corrected chi connectivity index (χ3v) is 3.26. The van der Waals surface area contributed by atoms with Gasteiger partial charge in [-0.05, 0) is 19.5 Å². The molecule has 0 aliphatic rings. The Kier molecular flexibility index (Phi) is 5.34. The summed E-state index contributed by atoms with van der Waals surface area (Å²) in [5, 5.41) is 12.1. The van der Waals surface area contributed by atoms with Crippen LogP contribution in [-0.2, 0) is 11.2 Å². The van der Waals surface area contributed by atoms with Crippen LogP contribution in [0.4, 0.5) is 5.13 Å². The molecule has 1 aromatic rings. The lowest BCUT2D eigenvalue weighted by molar-refractivity contribution is -0.117. The number of carbonyl (C=O) groups excluding carboxylic acids is 1. The first-order chi connectivity index (χ1) is 7.69. The van der Waals surface area contributed by atoms with Crippen LogP contribution in [0.5, 0.6) is 0 Å². The molecular weight excluding hydrogens is 224 g/mol. The highest BCUT2D eigenvalue weighted by Gasteiger charge is 2.10. The fraction of sp³-hybridized carbons (Fsp3) is 0.700. The molecule has 5 nitrogen and oxygen atoms in total. The molecule has 0 radical (unpaired) electrons. The maximum absolute atomic E-state index is 11.6. The highest BCUT2D eigenvalue weighted by atomic mass is 32.1. The molecule has 1 heterocycles. The molecule has 0 saturated heterocycles. The Morgan fingerprint density at radius 3 is 2.50 bits per heavy atom. The van der Waals surface area contributed by atoms with E-state index >= 15 is 0 Å². The van der Waals surface area contributed by atoms with Gasteiger partial charge in [-0.15, -0.1) is 10.2 Å². The summed E-state index contributed by atoms with van der Waals surface area (Å²) in [7, 11) is 0. The molecule has 0 spiro atoms. The minimum Gasteiger partial charge on any atom is -0.299 e. The number of hydrogen-bond donors (Lipinski definition) is 1. The van der Waals surface area contributed by atoms with E-state index in [9.17, 15) is 4.79 Å². The van der Waals surface area contributed by atoms with E-state index < -0.39 is 0 Å². The predicted molar refractivity (Wildman–Crippen MR) is 65.7 cm³/mol. The van der Waals surface area contributed by atoms with Gasteiger partial charge < -0.3 is 0 Å². The van der Waals surface area contributed by atoms with Crippen LogP contribution in [0.3, 0.4) is 0 Å². The van der Waals surface area contributed by atoms with E-state index in [0.29, 0.717) is 11.7 Å². The van der Waals surface area contributed by atoms with E-state index in [1.165, 1.54) is 11.3 Å². The van der Waals surface area contributed by atoms with Crippen molar-refractivity contribution in [3.63, 3.8) is 0 Å². The highest BCUT2D eigenvalue weighted by molar-refractivity contribution is 7.15. The van der Waals surface area contributed by atoms with E-state index in [2.05, 4.69) is 20.4 Å². The predicted octanol–water partition coefficient (Wildman–Crippen LogP) is 1.38. The van der Waals surface area contributed by atoms with Gasteiger partial charge in [-0.1, -0.05) is 32.1 Å². The molecule has 0 aliphatic heterocycles. The maximum atomic E-state index is 11.6. The lowest BCUT2D eigenvalue weighted by Crippen LogP contribution is -2.32. The molecule has 1 rings (SSSR count). The van der Waals surface area contributed by atoms with E-state index in [0.717, 1.165) is 24.5 Å². The summed E-state index contributed by atoms with van der Waals surface area (Å²) in [6, 6.07) is 0. The Bertz CT molecular complexity index is 335. The largest absolute Gasteiger partial charge is 0.299 e. The van der Waals surface area contributed by atoms with Crippen molar-refractivity contribution in [1.82, 2.24) is 15.1 Å². The summed E-state index contributed by atoms with van der Waals surface area (Å²) in [5.74, 6) is -0.0255. The Hall–Kier alpha value is -1.01. The fourth-order valence-electron chi connectivity index (χ4n) is 1.26. The molecule has 0 fully saturated rings. The Morgan fingerprint density at radius 1 is 1.31 bits per heavy atom. The molecule has 6 heteroatoms. The summed E-state index contributed by atoms with van der Waals surface area (Å²) in [6.45, 7) is 8.25. The molecule has 0 aromatic carbocycles. The van der Waals surface area contributed by atoms with Crippen LogP contribution in [0.15, 0.2) is 0 Å². The summed E-state index contributed by atoms with van der Waals surface area (Å²) >= 11 is 1.43. The van der Waals surface area contributed by atoms with E-state index in [-0.39, 0.29) is 5.91 Å². The molecule has 0 atom stereocenters. The third kappa shape index (κ3) is 3.86. The minimum atomic E-state index is -0.0255. The van der Waals surface area contributed by atoms with Crippen molar-refractivity contribution in [2.24, 2.45) is 0 Å². The lowest BCUT2D eigenvalue weighted by atomic mass is 10.4. The van der Waals surface area contributed by atoms with Gasteiger partial charge in [-0.2, -0.15) is 0 Å². The summed E-state index contributed by atoms with van der Waals surface area (Å²) in [6.07, 6.45) is 0.851. The Morgan fingerprint density at radius 2 is 2.00 bits per heavy atom. The number of nitrogens with one attached hydrogen (secondary N) is 1. The molecule has 0 saturated carbocycles. The second kappa shape index (κ2) is 6.55. The van der Waals surface area contributed by atoms with Gasteiger partial charge in [-0.25, -0.2) is 0 Å². The standard InChI is InChI=1S/C10H18N4OS/c1-4-9-12-13-10(16-9)11-8(15)7-14(5-2)6-3/h4-7H2,1-3H3,(H,11,13,15). The van der Waals surface area contributed by atoms with Crippen LogP contribution in [0.2, 0.25) is 0 Å². The topological polar surface area (TPSA) is 58.1 Å².